The Bertz CT molecular complexity index is 937. The van der Waals surface area contributed by atoms with Crippen LogP contribution in [0.3, 0.4) is 0 Å². The van der Waals surface area contributed by atoms with Crippen molar-refractivity contribution in [2.24, 2.45) is 5.92 Å². The van der Waals surface area contributed by atoms with E-state index < -0.39 is 6.04 Å². The number of piperazine rings is 1. The van der Waals surface area contributed by atoms with Crippen molar-refractivity contribution in [3.8, 4) is 0 Å². The highest BCUT2D eigenvalue weighted by atomic mass is 16.2. The van der Waals surface area contributed by atoms with Gasteiger partial charge in [-0.15, -0.1) is 0 Å². The number of anilines is 1. The van der Waals surface area contributed by atoms with Crippen molar-refractivity contribution >= 4 is 23.4 Å². The van der Waals surface area contributed by atoms with Crippen LogP contribution in [0.4, 0.5) is 5.69 Å². The fourth-order valence-corrected chi connectivity index (χ4v) is 3.81. The van der Waals surface area contributed by atoms with Crippen molar-refractivity contribution < 1.29 is 14.4 Å². The van der Waals surface area contributed by atoms with Gasteiger partial charge < -0.3 is 15.5 Å². The van der Waals surface area contributed by atoms with Crippen LogP contribution < -0.4 is 10.6 Å². The first kappa shape index (κ1) is 23.5. The van der Waals surface area contributed by atoms with Gasteiger partial charge >= 0.3 is 0 Å². The summed E-state index contributed by atoms with van der Waals surface area (Å²) in [5.74, 6) is -0.409. The molecular formula is C25H32N4O3. The van der Waals surface area contributed by atoms with E-state index in [1.807, 2.05) is 74.2 Å². The fourth-order valence-electron chi connectivity index (χ4n) is 3.81. The van der Waals surface area contributed by atoms with Crippen molar-refractivity contribution in [2.45, 2.75) is 26.8 Å². The number of benzene rings is 2. The molecule has 1 atom stereocenters. The molecule has 0 aromatic heterocycles. The molecule has 7 nitrogen and oxygen atoms in total. The molecule has 0 bridgehead atoms. The second-order valence-corrected chi connectivity index (χ2v) is 8.53. The molecule has 1 aliphatic heterocycles. The van der Waals surface area contributed by atoms with Gasteiger partial charge in [0.25, 0.3) is 5.91 Å². The molecule has 1 aliphatic rings. The molecule has 1 saturated heterocycles. The van der Waals surface area contributed by atoms with Crippen molar-refractivity contribution in [2.75, 3.05) is 38.0 Å². The Hall–Kier alpha value is -3.19. The quantitative estimate of drug-likeness (QED) is 0.699. The maximum absolute atomic E-state index is 13.2. The summed E-state index contributed by atoms with van der Waals surface area (Å²) in [4.78, 5) is 42.1. The van der Waals surface area contributed by atoms with Crippen molar-refractivity contribution in [1.29, 1.82) is 0 Å². The summed E-state index contributed by atoms with van der Waals surface area (Å²) in [6.07, 6.45) is 0. The first-order chi connectivity index (χ1) is 15.3. The molecule has 3 amide bonds. The van der Waals surface area contributed by atoms with Crippen LogP contribution in [0.2, 0.25) is 0 Å². The lowest BCUT2D eigenvalue weighted by molar-refractivity contribution is -0.136. The molecule has 2 N–H and O–H groups in total. The van der Waals surface area contributed by atoms with Crippen LogP contribution in [0.25, 0.3) is 0 Å². The van der Waals surface area contributed by atoms with Crippen molar-refractivity contribution in [3.05, 3.63) is 65.7 Å². The van der Waals surface area contributed by atoms with E-state index in [0.29, 0.717) is 31.7 Å². The van der Waals surface area contributed by atoms with Crippen LogP contribution >= 0.6 is 0 Å². The van der Waals surface area contributed by atoms with Crippen LogP contribution in [-0.2, 0) is 9.59 Å². The van der Waals surface area contributed by atoms with E-state index in [9.17, 15) is 14.4 Å². The molecule has 0 spiro atoms. The Labute approximate surface area is 189 Å². The number of carbonyl (C=O) groups excluding carboxylic acids is 3. The number of nitrogens with one attached hydrogen (secondary N) is 2. The Kier molecular flexibility index (Phi) is 8.00. The molecule has 0 radical (unpaired) electrons. The topological polar surface area (TPSA) is 81.8 Å². The molecular weight excluding hydrogens is 404 g/mol. The molecule has 1 unspecified atom stereocenters. The average molecular weight is 437 g/mol. The monoisotopic (exact) mass is 436 g/mol. The third kappa shape index (κ3) is 6.17. The van der Waals surface area contributed by atoms with Crippen LogP contribution in [-0.4, -0.2) is 66.3 Å². The molecule has 170 valence electrons. The maximum Gasteiger partial charge on any atom is 0.252 e. The Morgan fingerprint density at radius 1 is 0.906 bits per heavy atom. The zero-order chi connectivity index (χ0) is 23.1. The van der Waals surface area contributed by atoms with Gasteiger partial charge in [0.05, 0.1) is 6.54 Å². The molecule has 0 saturated carbocycles. The molecule has 0 aliphatic carbocycles. The predicted molar refractivity (Wildman–Crippen MR) is 125 cm³/mol. The summed E-state index contributed by atoms with van der Waals surface area (Å²) >= 11 is 0. The molecule has 1 fully saturated rings. The lowest BCUT2D eigenvalue weighted by Gasteiger charge is -2.37. The van der Waals surface area contributed by atoms with Gasteiger partial charge in [0.15, 0.2) is 0 Å². The third-order valence-electron chi connectivity index (χ3n) is 5.72. The number of carbonyl (C=O) groups is 3. The minimum atomic E-state index is -0.588. The molecule has 3 rings (SSSR count). The van der Waals surface area contributed by atoms with Gasteiger partial charge in [0, 0.05) is 37.4 Å². The van der Waals surface area contributed by atoms with Gasteiger partial charge in [-0.1, -0.05) is 50.2 Å². The molecule has 7 heteroatoms. The number of para-hydroxylation sites is 1. The standard InChI is InChI=1S/C25H32N4O3/c1-18(2)23(27-24(31)21-12-8-7-9-19(21)3)25(32)29-15-13-28(14-16-29)17-22(30)26-20-10-5-4-6-11-20/h4-12,18,23H,13-17H2,1-3H3,(H,26,30)(H,27,31). The highest BCUT2D eigenvalue weighted by Gasteiger charge is 2.31. The molecule has 2 aromatic carbocycles. The van der Waals surface area contributed by atoms with Crippen molar-refractivity contribution in [1.82, 2.24) is 15.1 Å². The zero-order valence-electron chi connectivity index (χ0n) is 19.0. The Balaban J connectivity index is 1.52. The lowest BCUT2D eigenvalue weighted by Crippen LogP contribution is -2.57. The highest BCUT2D eigenvalue weighted by molar-refractivity contribution is 5.98. The van der Waals surface area contributed by atoms with E-state index in [-0.39, 0.29) is 30.2 Å². The lowest BCUT2D eigenvalue weighted by atomic mass is 10.0. The summed E-state index contributed by atoms with van der Waals surface area (Å²) in [6, 6.07) is 16.1. The van der Waals surface area contributed by atoms with E-state index in [2.05, 4.69) is 10.6 Å². The maximum atomic E-state index is 13.2. The van der Waals surface area contributed by atoms with Crippen LogP contribution in [0.5, 0.6) is 0 Å². The third-order valence-corrected chi connectivity index (χ3v) is 5.72. The Morgan fingerprint density at radius 2 is 1.53 bits per heavy atom. The number of hydrogen-bond acceptors (Lipinski definition) is 4. The van der Waals surface area contributed by atoms with E-state index in [1.54, 1.807) is 11.0 Å². The van der Waals surface area contributed by atoms with Gasteiger partial charge in [-0.05, 0) is 36.6 Å². The normalized spacial score (nSPS) is 15.3. The van der Waals surface area contributed by atoms with Crippen LogP contribution in [0, 0.1) is 12.8 Å². The van der Waals surface area contributed by atoms with E-state index in [1.165, 1.54) is 0 Å². The molecule has 1 heterocycles. The van der Waals surface area contributed by atoms with Crippen molar-refractivity contribution in [3.63, 3.8) is 0 Å². The number of hydrogen-bond donors (Lipinski definition) is 2. The largest absolute Gasteiger partial charge is 0.340 e. The summed E-state index contributed by atoms with van der Waals surface area (Å²) < 4.78 is 0. The fraction of sp³-hybridized carbons (Fsp3) is 0.400. The minimum absolute atomic E-state index is 0.0369. The van der Waals surface area contributed by atoms with E-state index in [4.69, 9.17) is 0 Å². The Morgan fingerprint density at radius 3 is 2.16 bits per heavy atom. The summed E-state index contributed by atoms with van der Waals surface area (Å²) in [6.45, 7) is 8.33. The van der Waals surface area contributed by atoms with E-state index >= 15 is 0 Å². The van der Waals surface area contributed by atoms with Gasteiger partial charge in [0.2, 0.25) is 11.8 Å². The first-order valence-corrected chi connectivity index (χ1v) is 11.1. The number of rotatable bonds is 7. The number of nitrogens with zero attached hydrogens (tertiary/aromatic N) is 2. The number of amides is 3. The highest BCUT2D eigenvalue weighted by Crippen LogP contribution is 2.13. The van der Waals surface area contributed by atoms with Crippen LogP contribution in [0.15, 0.2) is 54.6 Å². The molecule has 2 aromatic rings. The van der Waals surface area contributed by atoms with Crippen LogP contribution in [0.1, 0.15) is 29.8 Å². The number of aryl methyl sites for hydroxylation is 1. The summed E-state index contributed by atoms with van der Waals surface area (Å²) in [5.41, 5.74) is 2.23. The van der Waals surface area contributed by atoms with E-state index in [0.717, 1.165) is 11.3 Å². The smallest absolute Gasteiger partial charge is 0.252 e. The minimum Gasteiger partial charge on any atom is -0.340 e. The predicted octanol–water partition coefficient (Wildman–Crippen LogP) is 2.53. The van der Waals surface area contributed by atoms with Gasteiger partial charge in [0.1, 0.15) is 6.04 Å². The van der Waals surface area contributed by atoms with Gasteiger partial charge in [-0.2, -0.15) is 0 Å². The zero-order valence-corrected chi connectivity index (χ0v) is 19.0. The SMILES string of the molecule is Cc1ccccc1C(=O)NC(C(=O)N1CCN(CC(=O)Nc2ccccc2)CC1)C(C)C. The second kappa shape index (κ2) is 10.9. The average Bonchev–Trinajstić information content (AvgIpc) is 2.78. The second-order valence-electron chi connectivity index (χ2n) is 8.53. The summed E-state index contributed by atoms with van der Waals surface area (Å²) in [7, 11) is 0. The first-order valence-electron chi connectivity index (χ1n) is 11.1. The van der Waals surface area contributed by atoms with Gasteiger partial charge in [-0.25, -0.2) is 0 Å². The molecule has 32 heavy (non-hydrogen) atoms. The summed E-state index contributed by atoms with van der Waals surface area (Å²) in [5, 5.41) is 5.82. The van der Waals surface area contributed by atoms with Gasteiger partial charge in [-0.3, -0.25) is 19.3 Å².